The van der Waals surface area contributed by atoms with Gasteiger partial charge in [-0.1, -0.05) is 11.3 Å². The second kappa shape index (κ2) is 2.84. The van der Waals surface area contributed by atoms with E-state index in [0.29, 0.717) is 17.2 Å². The molecule has 0 aliphatic heterocycles. The van der Waals surface area contributed by atoms with Gasteiger partial charge in [0, 0.05) is 0 Å². The minimum Gasteiger partial charge on any atom is -0.382 e. The third-order valence-corrected chi connectivity index (χ3v) is 2.76. The highest BCUT2D eigenvalue weighted by Crippen LogP contribution is 2.23. The molecule has 12 heavy (non-hydrogen) atoms. The number of nitrogens with zero attached hydrogens (tertiary/aromatic N) is 3. The third-order valence-electron chi connectivity index (χ3n) is 1.38. The van der Waals surface area contributed by atoms with Crippen molar-refractivity contribution in [3.63, 3.8) is 0 Å². The molecule has 0 atom stereocenters. The van der Waals surface area contributed by atoms with Crippen molar-refractivity contribution in [3.8, 4) is 0 Å². The molecule has 0 radical (unpaired) electrons. The van der Waals surface area contributed by atoms with Crippen molar-refractivity contribution in [2.45, 2.75) is 5.88 Å². The number of thiazole rings is 1. The van der Waals surface area contributed by atoms with Crippen LogP contribution in [-0.4, -0.2) is 15.0 Å². The Morgan fingerprint density at radius 1 is 1.50 bits per heavy atom. The molecule has 62 valence electrons. The highest BCUT2D eigenvalue weighted by molar-refractivity contribution is 7.18. The molecule has 0 aliphatic carbocycles. The van der Waals surface area contributed by atoms with Crippen LogP contribution in [0.5, 0.6) is 0 Å². The molecule has 2 rings (SSSR count). The summed E-state index contributed by atoms with van der Waals surface area (Å²) < 4.78 is 0. The van der Waals surface area contributed by atoms with Gasteiger partial charge in [-0.25, -0.2) is 15.0 Å². The van der Waals surface area contributed by atoms with Crippen molar-refractivity contribution < 1.29 is 0 Å². The van der Waals surface area contributed by atoms with Gasteiger partial charge in [0.1, 0.15) is 21.7 Å². The molecule has 0 aromatic carbocycles. The number of aromatic nitrogens is 3. The van der Waals surface area contributed by atoms with Gasteiger partial charge in [0.2, 0.25) is 0 Å². The predicted molar refractivity (Wildman–Crippen MR) is 49.2 cm³/mol. The normalized spacial score (nSPS) is 10.8. The van der Waals surface area contributed by atoms with Gasteiger partial charge in [-0.3, -0.25) is 0 Å². The minimum atomic E-state index is 0.389. The maximum Gasteiger partial charge on any atom is 0.154 e. The topological polar surface area (TPSA) is 64.7 Å². The number of hydrogen-bond acceptors (Lipinski definition) is 5. The SMILES string of the molecule is Nc1ncnc2sc(CCl)nc12. The average molecular weight is 201 g/mol. The maximum absolute atomic E-state index is 5.61. The Bertz CT molecular complexity index is 413. The average Bonchev–Trinajstić information content (AvgIpc) is 2.49. The first-order valence-corrected chi connectivity index (χ1v) is 4.58. The Kier molecular flexibility index (Phi) is 1.82. The van der Waals surface area contributed by atoms with Crippen LogP contribution in [0.25, 0.3) is 10.3 Å². The molecule has 0 bridgehead atoms. The number of hydrogen-bond donors (Lipinski definition) is 1. The Hall–Kier alpha value is -0.940. The van der Waals surface area contributed by atoms with E-state index in [1.165, 1.54) is 17.7 Å². The van der Waals surface area contributed by atoms with Crippen LogP contribution < -0.4 is 5.73 Å². The summed E-state index contributed by atoms with van der Waals surface area (Å²) in [7, 11) is 0. The van der Waals surface area contributed by atoms with Gasteiger partial charge < -0.3 is 5.73 Å². The van der Waals surface area contributed by atoms with E-state index < -0.39 is 0 Å². The van der Waals surface area contributed by atoms with Crippen LogP contribution in [-0.2, 0) is 5.88 Å². The molecule has 0 saturated heterocycles. The maximum atomic E-state index is 5.61. The molecule has 2 aromatic heterocycles. The van der Waals surface area contributed by atoms with Gasteiger partial charge in [-0.05, 0) is 0 Å². The summed E-state index contributed by atoms with van der Waals surface area (Å²) >= 11 is 7.05. The van der Waals surface area contributed by atoms with E-state index in [4.69, 9.17) is 17.3 Å². The largest absolute Gasteiger partial charge is 0.382 e. The van der Waals surface area contributed by atoms with E-state index >= 15 is 0 Å². The van der Waals surface area contributed by atoms with Crippen molar-refractivity contribution in [1.29, 1.82) is 0 Å². The lowest BCUT2D eigenvalue weighted by Crippen LogP contribution is -1.91. The Morgan fingerprint density at radius 3 is 3.00 bits per heavy atom. The number of fused-ring (bicyclic) bond motifs is 1. The molecule has 0 spiro atoms. The fraction of sp³-hybridized carbons (Fsp3) is 0.167. The Morgan fingerprint density at radius 2 is 2.33 bits per heavy atom. The highest BCUT2D eigenvalue weighted by atomic mass is 35.5. The molecule has 0 amide bonds. The molecular formula is C6H5ClN4S. The van der Waals surface area contributed by atoms with Crippen LogP contribution in [0, 0.1) is 0 Å². The van der Waals surface area contributed by atoms with Gasteiger partial charge in [0.05, 0.1) is 5.88 Å². The third kappa shape index (κ3) is 1.11. The van der Waals surface area contributed by atoms with Crippen LogP contribution >= 0.6 is 22.9 Å². The fourth-order valence-electron chi connectivity index (χ4n) is 0.871. The number of halogens is 1. The van der Waals surface area contributed by atoms with Gasteiger partial charge >= 0.3 is 0 Å². The van der Waals surface area contributed by atoms with Crippen molar-refractivity contribution in [2.24, 2.45) is 0 Å². The van der Waals surface area contributed by atoms with Crippen molar-refractivity contribution in [2.75, 3.05) is 5.73 Å². The molecule has 2 N–H and O–H groups in total. The molecule has 0 aliphatic rings. The van der Waals surface area contributed by atoms with E-state index in [1.54, 1.807) is 0 Å². The van der Waals surface area contributed by atoms with Crippen molar-refractivity contribution >= 4 is 39.1 Å². The summed E-state index contributed by atoms with van der Waals surface area (Å²) in [5, 5.41) is 0.818. The molecule has 2 heterocycles. The van der Waals surface area contributed by atoms with Crippen LogP contribution in [0.2, 0.25) is 0 Å². The Balaban J connectivity index is 2.74. The first kappa shape index (κ1) is 7.70. The number of rotatable bonds is 1. The summed E-state index contributed by atoms with van der Waals surface area (Å²) in [5.74, 6) is 0.799. The quantitative estimate of drug-likeness (QED) is 0.707. The zero-order valence-corrected chi connectivity index (χ0v) is 7.56. The van der Waals surface area contributed by atoms with Gasteiger partial charge in [-0.2, -0.15) is 0 Å². The number of nitrogen functional groups attached to an aromatic ring is 1. The standard InChI is InChI=1S/C6H5ClN4S/c7-1-3-11-4-5(8)9-2-10-6(4)12-3/h2H,1H2,(H2,8,9,10). The molecule has 4 nitrogen and oxygen atoms in total. The van der Waals surface area contributed by atoms with E-state index in [2.05, 4.69) is 15.0 Å². The monoisotopic (exact) mass is 200 g/mol. The number of anilines is 1. The number of alkyl halides is 1. The summed E-state index contributed by atoms with van der Waals surface area (Å²) in [6.45, 7) is 0. The Labute approximate surface area is 77.4 Å². The van der Waals surface area contributed by atoms with Crippen molar-refractivity contribution in [3.05, 3.63) is 11.3 Å². The van der Waals surface area contributed by atoms with Gasteiger partial charge in [0.15, 0.2) is 5.82 Å². The van der Waals surface area contributed by atoms with E-state index in [-0.39, 0.29) is 0 Å². The zero-order chi connectivity index (χ0) is 8.55. The van der Waals surface area contributed by atoms with Crippen LogP contribution in [0.4, 0.5) is 5.82 Å². The first-order valence-electron chi connectivity index (χ1n) is 3.23. The lowest BCUT2D eigenvalue weighted by atomic mass is 10.5. The highest BCUT2D eigenvalue weighted by Gasteiger charge is 2.06. The zero-order valence-electron chi connectivity index (χ0n) is 5.99. The molecule has 2 aromatic rings. The van der Waals surface area contributed by atoms with Crippen LogP contribution in [0.15, 0.2) is 6.33 Å². The lowest BCUT2D eigenvalue weighted by Gasteiger charge is -1.88. The van der Waals surface area contributed by atoms with E-state index in [1.807, 2.05) is 0 Å². The van der Waals surface area contributed by atoms with E-state index in [0.717, 1.165) is 9.84 Å². The number of nitrogens with two attached hydrogens (primary N) is 1. The van der Waals surface area contributed by atoms with Gasteiger partial charge in [0.25, 0.3) is 0 Å². The summed E-state index contributed by atoms with van der Waals surface area (Å²) in [4.78, 5) is 12.8. The fourth-order valence-corrected chi connectivity index (χ4v) is 1.86. The molecule has 6 heteroatoms. The van der Waals surface area contributed by atoms with Gasteiger partial charge in [-0.15, -0.1) is 11.6 Å². The van der Waals surface area contributed by atoms with Crippen LogP contribution in [0.1, 0.15) is 5.01 Å². The smallest absolute Gasteiger partial charge is 0.154 e. The molecule has 0 unspecified atom stereocenters. The minimum absolute atomic E-state index is 0.389. The van der Waals surface area contributed by atoms with Crippen molar-refractivity contribution in [1.82, 2.24) is 15.0 Å². The summed E-state index contributed by atoms with van der Waals surface area (Å²) in [5.41, 5.74) is 6.23. The second-order valence-corrected chi connectivity index (χ2v) is 3.48. The summed E-state index contributed by atoms with van der Waals surface area (Å²) in [6.07, 6.45) is 1.42. The second-order valence-electron chi connectivity index (χ2n) is 2.15. The molecule has 0 saturated carbocycles. The van der Waals surface area contributed by atoms with Crippen LogP contribution in [0.3, 0.4) is 0 Å². The lowest BCUT2D eigenvalue weighted by molar-refractivity contribution is 1.21. The predicted octanol–water partition coefficient (Wildman–Crippen LogP) is 1.41. The summed E-state index contributed by atoms with van der Waals surface area (Å²) in [6, 6.07) is 0. The molecule has 0 fully saturated rings. The van der Waals surface area contributed by atoms with E-state index in [9.17, 15) is 0 Å². The first-order chi connectivity index (χ1) is 5.81. The molecular weight excluding hydrogens is 196 g/mol.